The molecule has 0 bridgehead atoms. The number of hydrogen-bond acceptors (Lipinski definition) is 4. The average Bonchev–Trinajstić information content (AvgIpc) is 2.51. The van der Waals surface area contributed by atoms with Crippen LogP contribution in [0.5, 0.6) is 5.75 Å². The molecule has 0 saturated carbocycles. The molecular formula is C17H30N2O2. The summed E-state index contributed by atoms with van der Waals surface area (Å²) >= 11 is 0. The van der Waals surface area contributed by atoms with Crippen molar-refractivity contribution < 1.29 is 9.47 Å². The first kappa shape index (κ1) is 18.0. The van der Waals surface area contributed by atoms with Gasteiger partial charge < -0.3 is 15.2 Å². The lowest BCUT2D eigenvalue weighted by atomic mass is 10.1. The lowest BCUT2D eigenvalue weighted by Crippen LogP contribution is -2.40. The van der Waals surface area contributed by atoms with Gasteiger partial charge in [0.15, 0.2) is 0 Å². The fourth-order valence-electron chi connectivity index (χ4n) is 2.29. The minimum atomic E-state index is 0.00605. The van der Waals surface area contributed by atoms with Gasteiger partial charge in [-0.3, -0.25) is 4.90 Å². The van der Waals surface area contributed by atoms with Crippen molar-refractivity contribution in [3.8, 4) is 5.75 Å². The Morgan fingerprint density at radius 1 is 1.19 bits per heavy atom. The Kier molecular flexibility index (Phi) is 8.35. The van der Waals surface area contributed by atoms with E-state index in [1.165, 1.54) is 0 Å². The quantitative estimate of drug-likeness (QED) is 0.721. The van der Waals surface area contributed by atoms with E-state index < -0.39 is 0 Å². The highest BCUT2D eigenvalue weighted by atomic mass is 16.5. The smallest absolute Gasteiger partial charge is 0.119 e. The average molecular weight is 294 g/mol. The molecule has 120 valence electrons. The maximum Gasteiger partial charge on any atom is 0.119 e. The van der Waals surface area contributed by atoms with E-state index in [1.54, 1.807) is 7.11 Å². The van der Waals surface area contributed by atoms with Gasteiger partial charge in [0.25, 0.3) is 0 Å². The molecule has 0 fully saturated rings. The van der Waals surface area contributed by atoms with E-state index >= 15 is 0 Å². The molecule has 0 aromatic heterocycles. The van der Waals surface area contributed by atoms with Crippen molar-refractivity contribution in [1.82, 2.24) is 4.90 Å². The maximum absolute atomic E-state index is 6.36. The van der Waals surface area contributed by atoms with Crippen LogP contribution in [0.15, 0.2) is 24.3 Å². The number of rotatable bonds is 10. The van der Waals surface area contributed by atoms with E-state index in [4.69, 9.17) is 15.2 Å². The summed E-state index contributed by atoms with van der Waals surface area (Å²) in [5.74, 6) is 0.895. The van der Waals surface area contributed by atoms with Crippen molar-refractivity contribution in [2.45, 2.75) is 39.3 Å². The fraction of sp³-hybridized carbons (Fsp3) is 0.647. The molecule has 2 N–H and O–H groups in total. The van der Waals surface area contributed by atoms with Crippen LogP contribution >= 0.6 is 0 Å². The lowest BCUT2D eigenvalue weighted by molar-refractivity contribution is 0.118. The van der Waals surface area contributed by atoms with Crippen molar-refractivity contribution in [2.24, 2.45) is 5.73 Å². The van der Waals surface area contributed by atoms with E-state index in [9.17, 15) is 0 Å². The summed E-state index contributed by atoms with van der Waals surface area (Å²) in [7, 11) is 1.74. The molecule has 0 amide bonds. The molecule has 0 aliphatic rings. The monoisotopic (exact) mass is 294 g/mol. The molecule has 1 aromatic rings. The highest BCUT2D eigenvalue weighted by molar-refractivity contribution is 5.29. The summed E-state index contributed by atoms with van der Waals surface area (Å²) in [6.07, 6.45) is 1.11. The van der Waals surface area contributed by atoms with Gasteiger partial charge in [-0.15, -0.1) is 0 Å². The fourth-order valence-corrected chi connectivity index (χ4v) is 2.29. The SMILES string of the molecule is CCOc1ccc(C(N)CN(CCOC)C(C)CC)cc1. The second kappa shape index (κ2) is 9.77. The molecule has 4 heteroatoms. The van der Waals surface area contributed by atoms with E-state index in [1.807, 2.05) is 19.1 Å². The molecule has 4 nitrogen and oxygen atoms in total. The third-order valence-corrected chi connectivity index (χ3v) is 3.85. The van der Waals surface area contributed by atoms with Gasteiger partial charge in [-0.2, -0.15) is 0 Å². The molecule has 2 unspecified atom stereocenters. The molecule has 0 aliphatic carbocycles. The van der Waals surface area contributed by atoms with E-state index in [2.05, 4.69) is 30.9 Å². The maximum atomic E-state index is 6.36. The van der Waals surface area contributed by atoms with Crippen molar-refractivity contribution in [3.63, 3.8) is 0 Å². The molecule has 0 aliphatic heterocycles. The minimum Gasteiger partial charge on any atom is -0.494 e. The third kappa shape index (κ3) is 6.04. The van der Waals surface area contributed by atoms with Crippen LogP contribution in [0.1, 0.15) is 38.8 Å². The topological polar surface area (TPSA) is 47.7 Å². The Morgan fingerprint density at radius 2 is 1.86 bits per heavy atom. The van der Waals surface area contributed by atoms with Crippen LogP contribution in [0.2, 0.25) is 0 Å². The first-order chi connectivity index (χ1) is 10.1. The first-order valence-corrected chi connectivity index (χ1v) is 7.83. The van der Waals surface area contributed by atoms with Crippen molar-refractivity contribution in [3.05, 3.63) is 29.8 Å². The zero-order valence-corrected chi connectivity index (χ0v) is 13.8. The van der Waals surface area contributed by atoms with Gasteiger partial charge in [0.05, 0.1) is 13.2 Å². The number of hydrogen-bond donors (Lipinski definition) is 1. The summed E-state index contributed by atoms with van der Waals surface area (Å²) in [6.45, 7) is 9.60. The Labute approximate surface area is 129 Å². The zero-order valence-electron chi connectivity index (χ0n) is 13.8. The largest absolute Gasteiger partial charge is 0.494 e. The second-order valence-electron chi connectivity index (χ2n) is 5.35. The number of benzene rings is 1. The normalized spacial score (nSPS) is 14.2. The van der Waals surface area contributed by atoms with Crippen LogP contribution in [0.4, 0.5) is 0 Å². The Hall–Kier alpha value is -1.10. The number of methoxy groups -OCH3 is 1. The summed E-state index contributed by atoms with van der Waals surface area (Å²) in [6, 6.07) is 8.60. The van der Waals surface area contributed by atoms with Gasteiger partial charge in [0.1, 0.15) is 5.75 Å². The highest BCUT2D eigenvalue weighted by Crippen LogP contribution is 2.18. The Balaban J connectivity index is 2.64. The highest BCUT2D eigenvalue weighted by Gasteiger charge is 2.16. The van der Waals surface area contributed by atoms with Crippen LogP contribution in [-0.2, 0) is 4.74 Å². The van der Waals surface area contributed by atoms with Gasteiger partial charge in [-0.25, -0.2) is 0 Å². The van der Waals surface area contributed by atoms with Gasteiger partial charge >= 0.3 is 0 Å². The second-order valence-corrected chi connectivity index (χ2v) is 5.35. The van der Waals surface area contributed by atoms with Crippen LogP contribution in [0, 0.1) is 0 Å². The van der Waals surface area contributed by atoms with Crippen LogP contribution in [0.3, 0.4) is 0 Å². The predicted molar refractivity (Wildman–Crippen MR) is 87.7 cm³/mol. The van der Waals surface area contributed by atoms with Gasteiger partial charge in [0, 0.05) is 32.3 Å². The molecule has 0 heterocycles. The van der Waals surface area contributed by atoms with Crippen molar-refractivity contribution >= 4 is 0 Å². The predicted octanol–water partition coefficient (Wildman–Crippen LogP) is 2.83. The van der Waals surface area contributed by atoms with Crippen LogP contribution in [-0.4, -0.2) is 44.4 Å². The van der Waals surface area contributed by atoms with Crippen LogP contribution < -0.4 is 10.5 Å². The van der Waals surface area contributed by atoms with E-state index in [-0.39, 0.29) is 6.04 Å². The van der Waals surface area contributed by atoms with Gasteiger partial charge in [-0.1, -0.05) is 19.1 Å². The van der Waals surface area contributed by atoms with E-state index in [0.29, 0.717) is 12.6 Å². The Bertz CT molecular complexity index is 381. The van der Waals surface area contributed by atoms with Gasteiger partial charge in [0.2, 0.25) is 0 Å². The molecular weight excluding hydrogens is 264 g/mol. The molecule has 0 radical (unpaired) electrons. The summed E-state index contributed by atoms with van der Waals surface area (Å²) in [5, 5.41) is 0. The summed E-state index contributed by atoms with van der Waals surface area (Å²) < 4.78 is 10.7. The molecule has 1 rings (SSSR count). The third-order valence-electron chi connectivity index (χ3n) is 3.85. The molecule has 2 atom stereocenters. The molecule has 1 aromatic carbocycles. The molecule has 0 spiro atoms. The lowest BCUT2D eigenvalue weighted by Gasteiger charge is -2.30. The summed E-state index contributed by atoms with van der Waals surface area (Å²) in [5.41, 5.74) is 7.50. The van der Waals surface area contributed by atoms with E-state index in [0.717, 1.165) is 37.4 Å². The molecule has 0 saturated heterocycles. The van der Waals surface area contributed by atoms with Crippen molar-refractivity contribution in [2.75, 3.05) is 33.4 Å². The van der Waals surface area contributed by atoms with Crippen molar-refractivity contribution in [1.29, 1.82) is 0 Å². The standard InChI is InChI=1S/C17H30N2O2/c1-5-14(3)19(11-12-20-4)13-17(18)15-7-9-16(10-8-15)21-6-2/h7-10,14,17H,5-6,11-13,18H2,1-4H3. The number of nitrogens with two attached hydrogens (primary N) is 1. The number of nitrogens with zero attached hydrogens (tertiary/aromatic N) is 1. The minimum absolute atomic E-state index is 0.00605. The van der Waals surface area contributed by atoms with Crippen LogP contribution in [0.25, 0.3) is 0 Å². The Morgan fingerprint density at radius 3 is 2.38 bits per heavy atom. The molecule has 21 heavy (non-hydrogen) atoms. The zero-order chi connectivity index (χ0) is 15.7. The number of ether oxygens (including phenoxy) is 2. The van der Waals surface area contributed by atoms with Gasteiger partial charge in [-0.05, 0) is 38.0 Å². The first-order valence-electron chi connectivity index (χ1n) is 7.83. The summed E-state index contributed by atoms with van der Waals surface area (Å²) in [4.78, 5) is 2.39.